The van der Waals surface area contributed by atoms with Gasteiger partial charge in [0.05, 0.1) is 5.71 Å². The van der Waals surface area contributed by atoms with Gasteiger partial charge in [0.1, 0.15) is 12.1 Å². The Hall–Kier alpha value is -2.14. The largest absolute Gasteiger partial charge is 0.373 e. The Balaban J connectivity index is 2.02. The standard InChI is InChI=1S/C18H12Cl2N2O2/c19-9-5-6-10-12(7-9)16(11-3-1-2-4-14(11)20)22-18(24)15-13(10)8-21-17(15)23/h1-8,15,17,21,23H. The van der Waals surface area contributed by atoms with Gasteiger partial charge in [0.25, 0.3) is 5.91 Å². The van der Waals surface area contributed by atoms with Gasteiger partial charge in [-0.1, -0.05) is 47.5 Å². The molecule has 0 radical (unpaired) electrons. The van der Waals surface area contributed by atoms with Crippen molar-refractivity contribution in [3.63, 3.8) is 0 Å². The highest BCUT2D eigenvalue weighted by Gasteiger charge is 2.39. The average Bonchev–Trinajstić information content (AvgIpc) is 2.89. The maximum atomic E-state index is 12.7. The minimum atomic E-state index is -0.995. The number of rotatable bonds is 1. The molecule has 2 atom stereocenters. The molecule has 4 rings (SSSR count). The summed E-state index contributed by atoms with van der Waals surface area (Å²) in [6, 6.07) is 12.6. The highest BCUT2D eigenvalue weighted by molar-refractivity contribution is 6.37. The second-order valence-corrected chi connectivity index (χ2v) is 6.50. The van der Waals surface area contributed by atoms with Crippen LogP contribution < -0.4 is 5.32 Å². The number of nitrogens with zero attached hydrogens (tertiary/aromatic N) is 1. The number of hydrogen-bond acceptors (Lipinski definition) is 3. The zero-order chi connectivity index (χ0) is 16.8. The van der Waals surface area contributed by atoms with Crippen LogP contribution in [-0.4, -0.2) is 23.0 Å². The van der Waals surface area contributed by atoms with Crippen molar-refractivity contribution in [2.45, 2.75) is 6.23 Å². The van der Waals surface area contributed by atoms with Gasteiger partial charge >= 0.3 is 0 Å². The number of nitrogens with one attached hydrogen (secondary N) is 1. The van der Waals surface area contributed by atoms with Crippen molar-refractivity contribution in [1.29, 1.82) is 0 Å². The van der Waals surface area contributed by atoms with Gasteiger partial charge in [-0.15, -0.1) is 0 Å². The fourth-order valence-corrected chi connectivity index (χ4v) is 3.50. The molecule has 0 aliphatic carbocycles. The van der Waals surface area contributed by atoms with Gasteiger partial charge in [-0.2, -0.15) is 0 Å². The van der Waals surface area contributed by atoms with Crippen molar-refractivity contribution in [2.75, 3.05) is 0 Å². The van der Waals surface area contributed by atoms with Crippen molar-refractivity contribution < 1.29 is 9.90 Å². The van der Waals surface area contributed by atoms with Gasteiger partial charge in [-0.05, 0) is 29.3 Å². The highest BCUT2D eigenvalue weighted by Crippen LogP contribution is 2.38. The SMILES string of the molecule is O=C1N=C(c2ccccc2Cl)c2cc(Cl)ccc2C2=CNC(O)C12. The zero-order valence-corrected chi connectivity index (χ0v) is 13.8. The van der Waals surface area contributed by atoms with E-state index in [-0.39, 0.29) is 0 Å². The van der Waals surface area contributed by atoms with Crippen molar-refractivity contribution in [1.82, 2.24) is 5.32 Å². The van der Waals surface area contributed by atoms with Crippen LogP contribution in [0.1, 0.15) is 16.7 Å². The van der Waals surface area contributed by atoms with Crippen LogP contribution in [0.4, 0.5) is 0 Å². The number of hydrogen-bond donors (Lipinski definition) is 2. The quantitative estimate of drug-likeness (QED) is 0.822. The predicted octanol–water partition coefficient (Wildman–Crippen LogP) is 3.25. The number of aliphatic hydroxyl groups is 1. The molecule has 0 aromatic heterocycles. The van der Waals surface area contributed by atoms with Crippen LogP contribution in [0.5, 0.6) is 0 Å². The molecule has 2 aliphatic heterocycles. The lowest BCUT2D eigenvalue weighted by Crippen LogP contribution is -2.31. The fraction of sp³-hybridized carbons (Fsp3) is 0.111. The van der Waals surface area contributed by atoms with E-state index in [9.17, 15) is 9.90 Å². The second-order valence-electron chi connectivity index (χ2n) is 5.66. The summed E-state index contributed by atoms with van der Waals surface area (Å²) in [5.74, 6) is -1.16. The molecule has 0 saturated heterocycles. The molecule has 0 fully saturated rings. The third kappa shape index (κ3) is 2.35. The van der Waals surface area contributed by atoms with Crippen LogP contribution >= 0.6 is 23.2 Å². The summed E-state index contributed by atoms with van der Waals surface area (Å²) in [7, 11) is 0. The van der Waals surface area contributed by atoms with E-state index in [0.717, 1.165) is 5.56 Å². The lowest BCUT2D eigenvalue weighted by atomic mass is 9.89. The Morgan fingerprint density at radius 2 is 1.83 bits per heavy atom. The minimum Gasteiger partial charge on any atom is -0.373 e. The zero-order valence-electron chi connectivity index (χ0n) is 12.3. The maximum Gasteiger partial charge on any atom is 0.258 e. The molecule has 0 saturated carbocycles. The first-order valence-corrected chi connectivity index (χ1v) is 8.14. The first-order chi connectivity index (χ1) is 11.6. The summed E-state index contributed by atoms with van der Waals surface area (Å²) in [5, 5.41) is 13.9. The smallest absolute Gasteiger partial charge is 0.258 e. The molecule has 4 nitrogen and oxygen atoms in total. The predicted molar refractivity (Wildman–Crippen MR) is 94.2 cm³/mol. The number of aliphatic imine (C=N–C) groups is 1. The molecule has 6 heteroatoms. The Bertz CT molecular complexity index is 921. The number of carbonyl (C=O) groups is 1. The Kier molecular flexibility index (Phi) is 3.68. The molecule has 2 aliphatic rings. The molecule has 2 unspecified atom stereocenters. The van der Waals surface area contributed by atoms with Gasteiger partial charge in [0.15, 0.2) is 0 Å². The number of carbonyl (C=O) groups excluding carboxylic acids is 1. The first kappa shape index (κ1) is 15.4. The third-order valence-electron chi connectivity index (χ3n) is 4.23. The summed E-state index contributed by atoms with van der Waals surface area (Å²) < 4.78 is 0. The molecule has 0 bridgehead atoms. The lowest BCUT2D eigenvalue weighted by Gasteiger charge is -2.14. The van der Waals surface area contributed by atoms with Gasteiger partial charge in [-0.3, -0.25) is 4.79 Å². The summed E-state index contributed by atoms with van der Waals surface area (Å²) in [5.41, 5.74) is 3.33. The van der Waals surface area contributed by atoms with Crippen LogP contribution in [-0.2, 0) is 4.79 Å². The molecule has 2 N–H and O–H groups in total. The van der Waals surface area contributed by atoms with Crippen LogP contribution in [0.2, 0.25) is 10.0 Å². The van der Waals surface area contributed by atoms with Crippen LogP contribution in [0.15, 0.2) is 53.7 Å². The van der Waals surface area contributed by atoms with Crippen LogP contribution in [0.25, 0.3) is 5.57 Å². The normalized spacial score (nSPS) is 22.0. The Labute approximate surface area is 148 Å². The molecule has 2 aromatic carbocycles. The number of halogens is 2. The van der Waals surface area contributed by atoms with E-state index in [4.69, 9.17) is 23.2 Å². The van der Waals surface area contributed by atoms with Crippen molar-refractivity contribution in [3.05, 3.63) is 75.4 Å². The first-order valence-electron chi connectivity index (χ1n) is 7.38. The maximum absolute atomic E-state index is 12.7. The van der Waals surface area contributed by atoms with Crippen molar-refractivity contribution in [3.8, 4) is 0 Å². The topological polar surface area (TPSA) is 61.7 Å². The van der Waals surface area contributed by atoms with E-state index in [1.54, 1.807) is 24.4 Å². The third-order valence-corrected chi connectivity index (χ3v) is 4.79. The van der Waals surface area contributed by atoms with E-state index >= 15 is 0 Å². The number of benzene rings is 2. The molecule has 1 amide bonds. The number of fused-ring (bicyclic) bond motifs is 3. The highest BCUT2D eigenvalue weighted by atomic mass is 35.5. The van der Waals surface area contributed by atoms with E-state index in [2.05, 4.69) is 10.3 Å². The Morgan fingerprint density at radius 1 is 1.04 bits per heavy atom. The van der Waals surface area contributed by atoms with E-state index in [1.807, 2.05) is 24.3 Å². The molecular weight excluding hydrogens is 347 g/mol. The van der Waals surface area contributed by atoms with Crippen LogP contribution in [0, 0.1) is 5.92 Å². The van der Waals surface area contributed by atoms with E-state index < -0.39 is 18.1 Å². The summed E-state index contributed by atoms with van der Waals surface area (Å²) in [6.45, 7) is 0. The van der Waals surface area contributed by atoms with Crippen molar-refractivity contribution >= 4 is 40.4 Å². The molecule has 2 heterocycles. The van der Waals surface area contributed by atoms with Gasteiger partial charge in [0, 0.05) is 27.4 Å². The fourth-order valence-electron chi connectivity index (χ4n) is 3.11. The van der Waals surface area contributed by atoms with Crippen LogP contribution in [0.3, 0.4) is 0 Å². The van der Waals surface area contributed by atoms with Gasteiger partial charge < -0.3 is 10.4 Å². The monoisotopic (exact) mass is 358 g/mol. The molecule has 2 aromatic rings. The molecule has 24 heavy (non-hydrogen) atoms. The molecule has 120 valence electrons. The Morgan fingerprint density at radius 3 is 2.62 bits per heavy atom. The number of amides is 1. The second kappa shape index (κ2) is 5.74. The van der Waals surface area contributed by atoms with Gasteiger partial charge in [-0.25, -0.2) is 4.99 Å². The average molecular weight is 359 g/mol. The minimum absolute atomic E-state index is 0.416. The summed E-state index contributed by atoms with van der Waals surface area (Å²) in [4.78, 5) is 16.9. The summed E-state index contributed by atoms with van der Waals surface area (Å²) in [6.07, 6.45) is 0.663. The van der Waals surface area contributed by atoms with Gasteiger partial charge in [0.2, 0.25) is 0 Å². The van der Waals surface area contributed by atoms with E-state index in [0.29, 0.717) is 32.5 Å². The number of aliphatic hydroxyl groups excluding tert-OH is 1. The summed E-state index contributed by atoms with van der Waals surface area (Å²) >= 11 is 12.5. The van der Waals surface area contributed by atoms with E-state index in [1.165, 1.54) is 0 Å². The molecule has 0 spiro atoms. The van der Waals surface area contributed by atoms with Crippen molar-refractivity contribution in [2.24, 2.45) is 10.9 Å². The molecular formula is C18H12Cl2N2O2. The lowest BCUT2D eigenvalue weighted by molar-refractivity contribution is -0.122.